The summed E-state index contributed by atoms with van der Waals surface area (Å²) >= 11 is 0. The third kappa shape index (κ3) is 4.32. The molecule has 0 fully saturated rings. The molecule has 0 aliphatic carbocycles. The number of tetrazole rings is 1. The molecule has 9 heteroatoms. The van der Waals surface area contributed by atoms with Gasteiger partial charge in [0.2, 0.25) is 5.91 Å². The molecule has 6 nitrogen and oxygen atoms in total. The molecule has 0 aliphatic rings. The van der Waals surface area contributed by atoms with E-state index in [2.05, 4.69) is 20.8 Å². The number of nitrogens with zero attached hydrogens (tertiary/aromatic N) is 4. The van der Waals surface area contributed by atoms with E-state index in [1.54, 1.807) is 24.3 Å². The Bertz CT molecular complexity index is 936. The van der Waals surface area contributed by atoms with Crippen LogP contribution in [0.15, 0.2) is 60.9 Å². The van der Waals surface area contributed by atoms with Crippen molar-refractivity contribution in [3.8, 4) is 5.69 Å². The van der Waals surface area contributed by atoms with Crippen molar-refractivity contribution in [3.63, 3.8) is 0 Å². The summed E-state index contributed by atoms with van der Waals surface area (Å²) in [5.41, 5.74) is 0.651. The molecule has 0 saturated heterocycles. The SMILES string of the molecule is O=C(/C=C/c1cccc(C(F)(F)F)c1)Nc1cccc(-n2cnnn2)c1. The third-order valence-corrected chi connectivity index (χ3v) is 3.37. The van der Waals surface area contributed by atoms with Crippen molar-refractivity contribution < 1.29 is 18.0 Å². The number of carbonyl (C=O) groups excluding carboxylic acids is 1. The van der Waals surface area contributed by atoms with Crippen molar-refractivity contribution in [1.82, 2.24) is 20.2 Å². The van der Waals surface area contributed by atoms with Crippen LogP contribution in [0.3, 0.4) is 0 Å². The number of hydrogen-bond donors (Lipinski definition) is 1. The van der Waals surface area contributed by atoms with Crippen LogP contribution in [0.2, 0.25) is 0 Å². The maximum absolute atomic E-state index is 12.7. The summed E-state index contributed by atoms with van der Waals surface area (Å²) in [7, 11) is 0. The molecule has 1 heterocycles. The van der Waals surface area contributed by atoms with Gasteiger partial charge < -0.3 is 5.32 Å². The molecule has 132 valence electrons. The Morgan fingerprint density at radius 1 is 1.12 bits per heavy atom. The van der Waals surface area contributed by atoms with Gasteiger partial charge in [0.15, 0.2) is 0 Å². The molecule has 0 bridgehead atoms. The zero-order valence-corrected chi connectivity index (χ0v) is 13.2. The van der Waals surface area contributed by atoms with E-state index in [9.17, 15) is 18.0 Å². The van der Waals surface area contributed by atoms with Crippen LogP contribution in [0.4, 0.5) is 18.9 Å². The van der Waals surface area contributed by atoms with E-state index in [0.717, 1.165) is 12.1 Å². The predicted molar refractivity (Wildman–Crippen MR) is 88.3 cm³/mol. The fourth-order valence-electron chi connectivity index (χ4n) is 2.18. The first-order chi connectivity index (χ1) is 12.4. The Balaban J connectivity index is 1.70. The third-order valence-electron chi connectivity index (χ3n) is 3.37. The second-order valence-electron chi connectivity index (χ2n) is 5.25. The number of nitrogens with one attached hydrogen (secondary N) is 1. The van der Waals surface area contributed by atoms with Crippen LogP contribution in [-0.2, 0) is 11.0 Å². The minimum atomic E-state index is -4.43. The summed E-state index contributed by atoms with van der Waals surface area (Å²) in [4.78, 5) is 12.0. The van der Waals surface area contributed by atoms with Gasteiger partial charge in [-0.2, -0.15) is 13.2 Å². The van der Waals surface area contributed by atoms with Crippen molar-refractivity contribution in [2.75, 3.05) is 5.32 Å². The van der Waals surface area contributed by atoms with E-state index in [1.165, 1.54) is 35.3 Å². The Morgan fingerprint density at radius 2 is 1.92 bits per heavy atom. The summed E-state index contributed by atoms with van der Waals surface area (Å²) in [5, 5.41) is 13.4. The highest BCUT2D eigenvalue weighted by Gasteiger charge is 2.30. The van der Waals surface area contributed by atoms with Gasteiger partial charge >= 0.3 is 6.18 Å². The van der Waals surface area contributed by atoms with E-state index < -0.39 is 17.6 Å². The van der Waals surface area contributed by atoms with Crippen molar-refractivity contribution in [1.29, 1.82) is 0 Å². The van der Waals surface area contributed by atoms with Crippen LogP contribution < -0.4 is 5.32 Å². The number of aromatic nitrogens is 4. The Labute approximate surface area is 146 Å². The molecule has 0 radical (unpaired) electrons. The van der Waals surface area contributed by atoms with Gasteiger partial charge in [0.05, 0.1) is 11.3 Å². The lowest BCUT2D eigenvalue weighted by Gasteiger charge is -2.07. The number of alkyl halides is 3. The van der Waals surface area contributed by atoms with E-state index in [0.29, 0.717) is 11.4 Å². The highest BCUT2D eigenvalue weighted by atomic mass is 19.4. The largest absolute Gasteiger partial charge is 0.416 e. The zero-order valence-electron chi connectivity index (χ0n) is 13.2. The van der Waals surface area contributed by atoms with Crippen LogP contribution in [0, 0.1) is 0 Å². The highest BCUT2D eigenvalue weighted by Crippen LogP contribution is 2.29. The Kier molecular flexibility index (Phi) is 4.78. The standard InChI is InChI=1S/C17H12F3N5O/c18-17(19,20)13-4-1-3-12(9-13)7-8-16(26)22-14-5-2-6-15(10-14)25-11-21-23-24-25/h1-11H,(H,22,26)/b8-7+. The normalized spacial score (nSPS) is 11.7. The lowest BCUT2D eigenvalue weighted by Crippen LogP contribution is -2.08. The molecule has 1 aromatic heterocycles. The van der Waals surface area contributed by atoms with Gasteiger partial charge in [0.25, 0.3) is 0 Å². The van der Waals surface area contributed by atoms with Crippen LogP contribution in [0.25, 0.3) is 11.8 Å². The maximum Gasteiger partial charge on any atom is 0.416 e. The maximum atomic E-state index is 12.7. The molecule has 2 aromatic carbocycles. The van der Waals surface area contributed by atoms with Crippen molar-refractivity contribution in [2.24, 2.45) is 0 Å². The van der Waals surface area contributed by atoms with Gasteiger partial charge in [-0.25, -0.2) is 4.68 Å². The average Bonchev–Trinajstić information content (AvgIpc) is 3.14. The van der Waals surface area contributed by atoms with E-state index in [1.807, 2.05) is 0 Å². The molecule has 0 spiro atoms. The molecule has 3 aromatic rings. The highest BCUT2D eigenvalue weighted by molar-refractivity contribution is 6.02. The van der Waals surface area contributed by atoms with Crippen LogP contribution in [0.5, 0.6) is 0 Å². The lowest BCUT2D eigenvalue weighted by atomic mass is 10.1. The van der Waals surface area contributed by atoms with E-state index >= 15 is 0 Å². The Morgan fingerprint density at radius 3 is 2.65 bits per heavy atom. The van der Waals surface area contributed by atoms with Crippen LogP contribution in [-0.4, -0.2) is 26.1 Å². The van der Waals surface area contributed by atoms with Crippen LogP contribution >= 0.6 is 0 Å². The quantitative estimate of drug-likeness (QED) is 0.725. The molecule has 26 heavy (non-hydrogen) atoms. The van der Waals surface area contributed by atoms with Gasteiger partial charge in [0.1, 0.15) is 6.33 Å². The summed E-state index contributed by atoms with van der Waals surface area (Å²) in [6.07, 6.45) is -0.536. The first kappa shape index (κ1) is 17.3. The average molecular weight is 359 g/mol. The minimum Gasteiger partial charge on any atom is -0.322 e. The van der Waals surface area contributed by atoms with Gasteiger partial charge in [-0.15, -0.1) is 5.10 Å². The molecule has 0 unspecified atom stereocenters. The lowest BCUT2D eigenvalue weighted by molar-refractivity contribution is -0.137. The predicted octanol–water partition coefficient (Wildman–Crippen LogP) is 3.33. The number of hydrogen-bond acceptors (Lipinski definition) is 4. The molecule has 0 aliphatic heterocycles. The van der Waals surface area contributed by atoms with Gasteiger partial charge in [-0.1, -0.05) is 18.2 Å². The number of benzene rings is 2. The summed E-state index contributed by atoms with van der Waals surface area (Å²) in [5.74, 6) is -0.476. The molecule has 1 N–H and O–H groups in total. The van der Waals surface area contributed by atoms with Crippen molar-refractivity contribution >= 4 is 17.7 Å². The summed E-state index contributed by atoms with van der Waals surface area (Å²) in [6, 6.07) is 11.5. The zero-order chi connectivity index (χ0) is 18.6. The summed E-state index contributed by atoms with van der Waals surface area (Å²) in [6.45, 7) is 0. The van der Waals surface area contributed by atoms with Gasteiger partial charge in [-0.05, 0) is 52.4 Å². The van der Waals surface area contributed by atoms with Crippen molar-refractivity contribution in [2.45, 2.75) is 6.18 Å². The van der Waals surface area contributed by atoms with Crippen LogP contribution in [0.1, 0.15) is 11.1 Å². The number of rotatable bonds is 4. The number of carbonyl (C=O) groups is 1. The molecular formula is C17H12F3N5O. The molecule has 3 rings (SSSR count). The second kappa shape index (κ2) is 7.18. The minimum absolute atomic E-state index is 0.275. The fraction of sp³-hybridized carbons (Fsp3) is 0.0588. The monoisotopic (exact) mass is 359 g/mol. The Hall–Kier alpha value is -3.49. The van der Waals surface area contributed by atoms with E-state index in [-0.39, 0.29) is 5.56 Å². The first-order valence-electron chi connectivity index (χ1n) is 7.41. The molecule has 1 amide bonds. The van der Waals surface area contributed by atoms with E-state index in [4.69, 9.17) is 0 Å². The fourth-order valence-corrected chi connectivity index (χ4v) is 2.18. The van der Waals surface area contributed by atoms with Gasteiger partial charge in [0, 0.05) is 11.8 Å². The molecular weight excluding hydrogens is 347 g/mol. The first-order valence-corrected chi connectivity index (χ1v) is 7.41. The summed E-state index contributed by atoms with van der Waals surface area (Å²) < 4.78 is 39.5. The van der Waals surface area contributed by atoms with Gasteiger partial charge in [-0.3, -0.25) is 4.79 Å². The smallest absolute Gasteiger partial charge is 0.322 e. The number of halogens is 3. The molecule has 0 saturated carbocycles. The topological polar surface area (TPSA) is 72.7 Å². The van der Waals surface area contributed by atoms with Crippen molar-refractivity contribution in [3.05, 3.63) is 72.1 Å². The number of amides is 1. The number of anilines is 1. The molecule has 0 atom stereocenters. The second-order valence-corrected chi connectivity index (χ2v) is 5.25.